The molecule has 0 aliphatic rings. The lowest BCUT2D eigenvalue weighted by molar-refractivity contribution is 0.414. The van der Waals surface area contributed by atoms with E-state index in [2.05, 4.69) is 53.9 Å². The van der Waals surface area contributed by atoms with Gasteiger partial charge in [-0.2, -0.15) is 0 Å². The molecule has 0 unspecified atom stereocenters. The third-order valence-corrected chi connectivity index (χ3v) is 4.14. The Hall–Kier alpha value is -0.520. The molecule has 2 aromatic rings. The van der Waals surface area contributed by atoms with Gasteiger partial charge in [-0.25, -0.2) is 0 Å². The first-order chi connectivity index (χ1) is 9.98. The summed E-state index contributed by atoms with van der Waals surface area (Å²) >= 11 is 10.1. The molecule has 0 aliphatic carbocycles. The molecular weight excluding hydrogens is 464 g/mol. The van der Waals surface area contributed by atoms with Crippen LogP contribution >= 0.6 is 47.8 Å². The van der Waals surface area contributed by atoms with Gasteiger partial charge in [0.1, 0.15) is 11.5 Å². The summed E-state index contributed by atoms with van der Waals surface area (Å²) in [4.78, 5) is 0. The topological polar surface area (TPSA) is 18.5 Å². The molecule has 2 aromatic carbocycles. The first-order valence-corrected chi connectivity index (χ1v) is 8.90. The number of rotatable bonds is 3. The zero-order valence-corrected chi connectivity index (χ0v) is 16.9. The Bertz CT molecular complexity index is 543. The fourth-order valence-electron chi connectivity index (χ4n) is 1.64. The minimum Gasteiger partial charge on any atom is -0.497 e. The van der Waals surface area contributed by atoms with Crippen molar-refractivity contribution in [3.05, 3.63) is 56.5 Å². The molecule has 0 bridgehead atoms. The van der Waals surface area contributed by atoms with Gasteiger partial charge in [-0.3, -0.25) is 0 Å². The molecule has 0 aromatic heterocycles. The molecule has 0 N–H and O–H groups in total. The highest BCUT2D eigenvalue weighted by Crippen LogP contribution is 2.22. The number of hydrogen-bond donors (Lipinski definition) is 0. The smallest absolute Gasteiger partial charge is 0.120 e. The molecule has 2 rings (SSSR count). The Labute approximate surface area is 151 Å². The van der Waals surface area contributed by atoms with Crippen molar-refractivity contribution < 1.29 is 9.47 Å². The van der Waals surface area contributed by atoms with E-state index in [0.717, 1.165) is 25.8 Å². The first-order valence-electron chi connectivity index (χ1n) is 6.19. The lowest BCUT2D eigenvalue weighted by Crippen LogP contribution is -1.84. The summed E-state index contributed by atoms with van der Waals surface area (Å²) in [6.07, 6.45) is 0. The van der Waals surface area contributed by atoms with Crippen LogP contribution in [0.15, 0.2) is 45.3 Å². The standard InChI is InChI=1S/C8H8Br2O.C8H9BrO/c1-11-8-3-6(5-9)2-7(10)4-8;1-6-3-7(9)5-8(4-6)10-2/h2-4H,5H2,1H3;3-5H,1-2H3. The van der Waals surface area contributed by atoms with Crippen molar-refractivity contribution in [3.8, 4) is 11.5 Å². The zero-order valence-electron chi connectivity index (χ0n) is 12.1. The molecule has 0 heterocycles. The molecule has 0 saturated carbocycles. The minimum absolute atomic E-state index is 0.850. The number of aryl methyl sites for hydroxylation is 1. The van der Waals surface area contributed by atoms with E-state index in [1.54, 1.807) is 14.2 Å². The van der Waals surface area contributed by atoms with E-state index in [1.165, 1.54) is 11.1 Å². The van der Waals surface area contributed by atoms with E-state index < -0.39 is 0 Å². The average molecular weight is 481 g/mol. The van der Waals surface area contributed by atoms with E-state index in [9.17, 15) is 0 Å². The molecule has 114 valence electrons. The van der Waals surface area contributed by atoms with Crippen LogP contribution in [0.3, 0.4) is 0 Å². The fourth-order valence-corrected chi connectivity index (χ4v) is 3.07. The lowest BCUT2D eigenvalue weighted by atomic mass is 10.2. The van der Waals surface area contributed by atoms with Gasteiger partial charge in [0, 0.05) is 14.3 Å². The van der Waals surface area contributed by atoms with Crippen molar-refractivity contribution in [2.45, 2.75) is 12.3 Å². The summed E-state index contributed by atoms with van der Waals surface area (Å²) in [5.74, 6) is 1.78. The Balaban J connectivity index is 0.000000211. The van der Waals surface area contributed by atoms with Crippen LogP contribution in [-0.2, 0) is 5.33 Å². The summed E-state index contributed by atoms with van der Waals surface area (Å²) in [5.41, 5.74) is 2.41. The van der Waals surface area contributed by atoms with Gasteiger partial charge in [0.25, 0.3) is 0 Å². The molecule has 5 heteroatoms. The first kappa shape index (κ1) is 18.5. The van der Waals surface area contributed by atoms with Gasteiger partial charge in [0.05, 0.1) is 14.2 Å². The minimum atomic E-state index is 0.850. The second-order valence-electron chi connectivity index (χ2n) is 4.30. The molecule has 2 nitrogen and oxygen atoms in total. The van der Waals surface area contributed by atoms with E-state index >= 15 is 0 Å². The highest BCUT2D eigenvalue weighted by molar-refractivity contribution is 9.10. The number of halogens is 3. The van der Waals surface area contributed by atoms with Gasteiger partial charge < -0.3 is 9.47 Å². The number of ether oxygens (including phenoxy) is 2. The number of alkyl halides is 1. The van der Waals surface area contributed by atoms with Crippen LogP contribution in [0, 0.1) is 6.92 Å². The van der Waals surface area contributed by atoms with Crippen LogP contribution in [0.1, 0.15) is 11.1 Å². The molecule has 0 spiro atoms. The molecule has 0 saturated heterocycles. The highest BCUT2D eigenvalue weighted by Gasteiger charge is 1.97. The summed E-state index contributed by atoms with van der Waals surface area (Å²) in [6.45, 7) is 2.04. The molecule has 0 radical (unpaired) electrons. The third kappa shape index (κ3) is 6.85. The predicted molar refractivity (Wildman–Crippen MR) is 98.8 cm³/mol. The summed E-state index contributed by atoms with van der Waals surface area (Å²) in [6, 6.07) is 12.0. The Morgan fingerprint density at radius 1 is 0.810 bits per heavy atom. The molecule has 0 atom stereocenters. The van der Waals surface area contributed by atoms with Crippen LogP contribution in [0.25, 0.3) is 0 Å². The van der Waals surface area contributed by atoms with Gasteiger partial charge in [-0.15, -0.1) is 0 Å². The normalized spacial score (nSPS) is 9.62. The van der Waals surface area contributed by atoms with Crippen LogP contribution in [-0.4, -0.2) is 14.2 Å². The SMILES string of the molecule is COc1cc(Br)cc(CBr)c1.COc1cc(C)cc(Br)c1. The number of hydrogen-bond acceptors (Lipinski definition) is 2. The highest BCUT2D eigenvalue weighted by atomic mass is 79.9. The maximum absolute atomic E-state index is 5.09. The van der Waals surface area contributed by atoms with Crippen molar-refractivity contribution in [1.29, 1.82) is 0 Å². The molecule has 0 aliphatic heterocycles. The summed E-state index contributed by atoms with van der Waals surface area (Å²) in [7, 11) is 3.33. The van der Waals surface area contributed by atoms with Crippen LogP contribution in [0.2, 0.25) is 0 Å². The van der Waals surface area contributed by atoms with Crippen molar-refractivity contribution >= 4 is 47.8 Å². The molecule has 21 heavy (non-hydrogen) atoms. The number of methoxy groups -OCH3 is 2. The summed E-state index contributed by atoms with van der Waals surface area (Å²) in [5, 5.41) is 0.850. The third-order valence-electron chi connectivity index (χ3n) is 2.57. The van der Waals surface area contributed by atoms with Crippen LogP contribution in [0.4, 0.5) is 0 Å². The second kappa shape index (κ2) is 9.49. The Kier molecular flexibility index (Phi) is 8.37. The quantitative estimate of drug-likeness (QED) is 0.493. The van der Waals surface area contributed by atoms with Crippen molar-refractivity contribution in [3.63, 3.8) is 0 Å². The second-order valence-corrected chi connectivity index (χ2v) is 6.69. The van der Waals surface area contributed by atoms with E-state index in [4.69, 9.17) is 9.47 Å². The maximum Gasteiger partial charge on any atom is 0.120 e. The molecule has 0 amide bonds. The maximum atomic E-state index is 5.09. The van der Waals surface area contributed by atoms with Crippen molar-refractivity contribution in [2.75, 3.05) is 14.2 Å². The van der Waals surface area contributed by atoms with Crippen LogP contribution < -0.4 is 9.47 Å². The van der Waals surface area contributed by atoms with Crippen molar-refractivity contribution in [2.24, 2.45) is 0 Å². The Morgan fingerprint density at radius 3 is 1.81 bits per heavy atom. The van der Waals surface area contributed by atoms with E-state index in [1.807, 2.05) is 37.3 Å². The van der Waals surface area contributed by atoms with E-state index in [-0.39, 0.29) is 0 Å². The van der Waals surface area contributed by atoms with Crippen LogP contribution in [0.5, 0.6) is 11.5 Å². The fraction of sp³-hybridized carbons (Fsp3) is 0.250. The van der Waals surface area contributed by atoms with E-state index in [0.29, 0.717) is 0 Å². The van der Waals surface area contributed by atoms with Gasteiger partial charge in [0.2, 0.25) is 0 Å². The summed E-state index contributed by atoms with van der Waals surface area (Å²) < 4.78 is 12.2. The average Bonchev–Trinajstić information content (AvgIpc) is 2.46. The predicted octanol–water partition coefficient (Wildman–Crippen LogP) is 6.12. The van der Waals surface area contributed by atoms with Gasteiger partial charge >= 0.3 is 0 Å². The lowest BCUT2D eigenvalue weighted by Gasteiger charge is -2.02. The number of benzene rings is 2. The monoisotopic (exact) mass is 478 g/mol. The largest absolute Gasteiger partial charge is 0.497 e. The Morgan fingerprint density at radius 2 is 1.33 bits per heavy atom. The van der Waals surface area contributed by atoms with Gasteiger partial charge in [-0.05, 0) is 54.4 Å². The van der Waals surface area contributed by atoms with Crippen molar-refractivity contribution in [1.82, 2.24) is 0 Å². The van der Waals surface area contributed by atoms with Gasteiger partial charge in [-0.1, -0.05) is 47.8 Å². The van der Waals surface area contributed by atoms with Gasteiger partial charge in [0.15, 0.2) is 0 Å². The zero-order chi connectivity index (χ0) is 15.8. The molecule has 0 fully saturated rings. The molecular formula is C16H17Br3O2.